The van der Waals surface area contributed by atoms with Gasteiger partial charge in [-0.3, -0.25) is 0 Å². The molecule has 0 aliphatic carbocycles. The van der Waals surface area contributed by atoms with Crippen LogP contribution in [-0.2, 0) is 13.0 Å². The van der Waals surface area contributed by atoms with Crippen LogP contribution in [0.2, 0.25) is 0 Å². The molecule has 1 aromatic rings. The van der Waals surface area contributed by atoms with Crippen molar-refractivity contribution in [2.24, 2.45) is 0 Å². The number of hydrogen-bond donors (Lipinski definition) is 1. The molecule has 0 atom stereocenters. The number of benzene rings is 1. The van der Waals surface area contributed by atoms with E-state index in [2.05, 4.69) is 47.4 Å². The van der Waals surface area contributed by atoms with Gasteiger partial charge in [0.1, 0.15) is 5.75 Å². The molecule has 4 heteroatoms. The predicted molar refractivity (Wildman–Crippen MR) is 83.4 cm³/mol. The minimum absolute atomic E-state index is 0.977. The van der Waals surface area contributed by atoms with Crippen molar-refractivity contribution in [1.82, 2.24) is 15.1 Å². The first-order valence-corrected chi connectivity index (χ1v) is 7.42. The predicted octanol–water partition coefficient (Wildman–Crippen LogP) is 1.20. The second-order valence-corrected chi connectivity index (χ2v) is 5.73. The van der Waals surface area contributed by atoms with Crippen LogP contribution >= 0.6 is 0 Å². The van der Waals surface area contributed by atoms with Crippen LogP contribution in [0.4, 0.5) is 0 Å². The van der Waals surface area contributed by atoms with Crippen molar-refractivity contribution in [2.45, 2.75) is 13.0 Å². The highest BCUT2D eigenvalue weighted by Gasteiger charge is 2.11. The molecule has 0 saturated carbocycles. The van der Waals surface area contributed by atoms with E-state index in [1.807, 2.05) is 0 Å². The fourth-order valence-electron chi connectivity index (χ4n) is 2.70. The van der Waals surface area contributed by atoms with Gasteiger partial charge in [-0.1, -0.05) is 12.1 Å². The zero-order valence-electron chi connectivity index (χ0n) is 13.0. The highest BCUT2D eigenvalue weighted by molar-refractivity contribution is 5.37. The van der Waals surface area contributed by atoms with Gasteiger partial charge >= 0.3 is 0 Å². The van der Waals surface area contributed by atoms with Gasteiger partial charge in [-0.2, -0.15) is 0 Å². The first-order valence-electron chi connectivity index (χ1n) is 7.42. The minimum atomic E-state index is 0.977. The Hall–Kier alpha value is -1.10. The molecule has 1 N–H and O–H groups in total. The molecule has 1 aromatic carbocycles. The number of ether oxygens (including phenoxy) is 1. The molecule has 20 heavy (non-hydrogen) atoms. The summed E-state index contributed by atoms with van der Waals surface area (Å²) < 4.78 is 5.50. The zero-order valence-corrected chi connectivity index (χ0v) is 13.0. The lowest BCUT2D eigenvalue weighted by Crippen LogP contribution is -2.44. The van der Waals surface area contributed by atoms with Crippen LogP contribution in [0.3, 0.4) is 0 Å². The quantitative estimate of drug-likeness (QED) is 0.846. The summed E-state index contributed by atoms with van der Waals surface area (Å²) in [6, 6.07) is 6.56. The van der Waals surface area contributed by atoms with E-state index in [-0.39, 0.29) is 0 Å². The molecule has 0 spiro atoms. The molecule has 112 valence electrons. The van der Waals surface area contributed by atoms with Crippen molar-refractivity contribution >= 4 is 0 Å². The lowest BCUT2D eigenvalue weighted by molar-refractivity contribution is 0.243. The van der Waals surface area contributed by atoms with Crippen LogP contribution < -0.4 is 10.1 Å². The summed E-state index contributed by atoms with van der Waals surface area (Å²) >= 11 is 0. The summed E-state index contributed by atoms with van der Waals surface area (Å²) in [5.74, 6) is 1.02. The molecule has 0 amide bonds. The molecule has 1 aliphatic heterocycles. The van der Waals surface area contributed by atoms with E-state index in [0.29, 0.717) is 0 Å². The Morgan fingerprint density at radius 3 is 2.65 bits per heavy atom. The molecule has 1 fully saturated rings. The maximum Gasteiger partial charge on any atom is 0.122 e. The Labute approximate surface area is 122 Å². The molecule has 2 rings (SSSR count). The fourth-order valence-corrected chi connectivity index (χ4v) is 2.70. The van der Waals surface area contributed by atoms with E-state index in [4.69, 9.17) is 4.74 Å². The standard InChI is InChI=1S/C16H27N3O/c1-18(2)13-14-4-5-16(20-3)15(12-14)6-9-19-10-7-17-8-11-19/h4-5,12,17H,6-11,13H2,1-3H3. The van der Waals surface area contributed by atoms with Gasteiger partial charge in [0.05, 0.1) is 7.11 Å². The lowest BCUT2D eigenvalue weighted by atomic mass is 10.1. The highest BCUT2D eigenvalue weighted by Crippen LogP contribution is 2.21. The van der Waals surface area contributed by atoms with Crippen LogP contribution in [0.5, 0.6) is 5.75 Å². The van der Waals surface area contributed by atoms with Crippen molar-refractivity contribution in [3.05, 3.63) is 29.3 Å². The third-order valence-electron chi connectivity index (χ3n) is 3.75. The highest BCUT2D eigenvalue weighted by atomic mass is 16.5. The first-order chi connectivity index (χ1) is 9.69. The summed E-state index contributed by atoms with van der Waals surface area (Å²) in [6.07, 6.45) is 1.06. The molecule has 0 radical (unpaired) electrons. The van der Waals surface area contributed by atoms with Gasteiger partial charge in [-0.05, 0) is 37.7 Å². The number of piperazine rings is 1. The normalized spacial score (nSPS) is 16.6. The van der Waals surface area contributed by atoms with E-state index < -0.39 is 0 Å². The summed E-state index contributed by atoms with van der Waals surface area (Å²) in [5.41, 5.74) is 2.68. The molecule has 0 aromatic heterocycles. The largest absolute Gasteiger partial charge is 0.496 e. The Morgan fingerprint density at radius 1 is 1.25 bits per heavy atom. The molecular formula is C16H27N3O. The Balaban J connectivity index is 1.99. The first kappa shape index (κ1) is 15.3. The van der Waals surface area contributed by atoms with Crippen molar-refractivity contribution in [3.63, 3.8) is 0 Å². The maximum absolute atomic E-state index is 5.50. The third kappa shape index (κ3) is 4.47. The topological polar surface area (TPSA) is 27.7 Å². The molecule has 1 saturated heterocycles. The Kier molecular flexibility index (Phi) is 5.83. The summed E-state index contributed by atoms with van der Waals surface area (Å²) in [7, 11) is 5.96. The van der Waals surface area contributed by atoms with Crippen LogP contribution in [0.15, 0.2) is 18.2 Å². The minimum Gasteiger partial charge on any atom is -0.496 e. The van der Waals surface area contributed by atoms with Crippen molar-refractivity contribution in [3.8, 4) is 5.75 Å². The Morgan fingerprint density at radius 2 is 2.00 bits per heavy atom. The Bertz CT molecular complexity index is 414. The molecule has 4 nitrogen and oxygen atoms in total. The maximum atomic E-state index is 5.50. The number of hydrogen-bond acceptors (Lipinski definition) is 4. The number of rotatable bonds is 6. The van der Waals surface area contributed by atoms with Crippen LogP contribution in [0.1, 0.15) is 11.1 Å². The smallest absolute Gasteiger partial charge is 0.122 e. The van der Waals surface area contributed by atoms with Gasteiger partial charge in [0.25, 0.3) is 0 Å². The van der Waals surface area contributed by atoms with Crippen LogP contribution in [0.25, 0.3) is 0 Å². The zero-order chi connectivity index (χ0) is 14.4. The average molecular weight is 277 g/mol. The van der Waals surface area contributed by atoms with Gasteiger partial charge in [-0.15, -0.1) is 0 Å². The fraction of sp³-hybridized carbons (Fsp3) is 0.625. The third-order valence-corrected chi connectivity index (χ3v) is 3.75. The van der Waals surface area contributed by atoms with E-state index in [1.165, 1.54) is 11.1 Å². The molecule has 0 unspecified atom stereocenters. The van der Waals surface area contributed by atoms with Crippen molar-refractivity contribution < 1.29 is 4.74 Å². The number of methoxy groups -OCH3 is 1. The lowest BCUT2D eigenvalue weighted by Gasteiger charge is -2.27. The summed E-state index contributed by atoms with van der Waals surface area (Å²) in [4.78, 5) is 4.72. The van der Waals surface area contributed by atoms with Crippen LogP contribution in [-0.4, -0.2) is 63.7 Å². The number of nitrogens with zero attached hydrogens (tertiary/aromatic N) is 2. The monoisotopic (exact) mass is 277 g/mol. The van der Waals surface area contributed by atoms with Gasteiger partial charge in [0.2, 0.25) is 0 Å². The summed E-state index contributed by atoms with van der Waals surface area (Å²) in [6.45, 7) is 6.61. The number of nitrogens with one attached hydrogen (secondary N) is 1. The molecule has 1 aliphatic rings. The van der Waals surface area contributed by atoms with Gasteiger partial charge in [-0.25, -0.2) is 0 Å². The van der Waals surface area contributed by atoms with E-state index in [9.17, 15) is 0 Å². The summed E-state index contributed by atoms with van der Waals surface area (Å²) in [5, 5.41) is 3.39. The SMILES string of the molecule is COc1ccc(CN(C)C)cc1CCN1CCNCC1. The van der Waals surface area contributed by atoms with Gasteiger partial charge < -0.3 is 19.9 Å². The molecule has 1 heterocycles. The molecule has 0 bridgehead atoms. The van der Waals surface area contributed by atoms with Crippen molar-refractivity contribution in [2.75, 3.05) is 53.9 Å². The van der Waals surface area contributed by atoms with E-state index >= 15 is 0 Å². The van der Waals surface area contributed by atoms with Crippen molar-refractivity contribution in [1.29, 1.82) is 0 Å². The second-order valence-electron chi connectivity index (χ2n) is 5.73. The van der Waals surface area contributed by atoms with Gasteiger partial charge in [0.15, 0.2) is 0 Å². The van der Waals surface area contributed by atoms with E-state index in [1.54, 1.807) is 7.11 Å². The molecular weight excluding hydrogens is 250 g/mol. The second kappa shape index (κ2) is 7.62. The average Bonchev–Trinajstić information content (AvgIpc) is 2.46. The van der Waals surface area contributed by atoms with E-state index in [0.717, 1.165) is 51.4 Å². The van der Waals surface area contributed by atoms with Crippen LogP contribution in [0, 0.1) is 0 Å². The van der Waals surface area contributed by atoms with Gasteiger partial charge in [0, 0.05) is 39.3 Å².